The Labute approximate surface area is 100 Å². The molecule has 7 heteroatoms. The molecule has 0 atom stereocenters. The highest BCUT2D eigenvalue weighted by molar-refractivity contribution is 5.80. The van der Waals surface area contributed by atoms with Gasteiger partial charge < -0.3 is 15.6 Å². The second-order valence-electron chi connectivity index (χ2n) is 3.61. The van der Waals surface area contributed by atoms with E-state index < -0.39 is 0 Å². The molecule has 0 aliphatic carbocycles. The number of carbonyl (C=O) groups excluding carboxylic acids is 1. The Balaban J connectivity index is 2.77. The normalized spacial score (nSPS) is 9.88. The van der Waals surface area contributed by atoms with E-state index in [4.69, 9.17) is 5.84 Å². The molecule has 1 aromatic heterocycles. The summed E-state index contributed by atoms with van der Waals surface area (Å²) in [4.78, 5) is 21.5. The zero-order valence-corrected chi connectivity index (χ0v) is 10.3. The van der Waals surface area contributed by atoms with Gasteiger partial charge in [-0.1, -0.05) is 0 Å². The van der Waals surface area contributed by atoms with Gasteiger partial charge in [-0.25, -0.2) is 15.8 Å². The molecule has 17 heavy (non-hydrogen) atoms. The minimum absolute atomic E-state index is 0.0477. The Morgan fingerprint density at radius 2 is 2.24 bits per heavy atom. The molecule has 0 spiro atoms. The number of hydrazine groups is 1. The van der Waals surface area contributed by atoms with Crippen molar-refractivity contribution in [2.75, 3.05) is 30.5 Å². The molecule has 1 amide bonds. The lowest BCUT2D eigenvalue weighted by Gasteiger charge is -2.18. The third-order valence-corrected chi connectivity index (χ3v) is 2.12. The molecule has 0 fully saturated rings. The fourth-order valence-electron chi connectivity index (χ4n) is 1.37. The van der Waals surface area contributed by atoms with Crippen LogP contribution in [0.4, 0.5) is 11.6 Å². The third-order valence-electron chi connectivity index (χ3n) is 2.12. The molecule has 0 aliphatic heterocycles. The van der Waals surface area contributed by atoms with Crippen molar-refractivity contribution in [1.29, 1.82) is 0 Å². The second kappa shape index (κ2) is 6.00. The van der Waals surface area contributed by atoms with Crippen LogP contribution in [0, 0.1) is 6.92 Å². The number of aromatic nitrogens is 2. The Kier molecular flexibility index (Phi) is 4.65. The van der Waals surface area contributed by atoms with E-state index in [9.17, 15) is 4.79 Å². The van der Waals surface area contributed by atoms with Crippen molar-refractivity contribution in [3.8, 4) is 0 Å². The lowest BCUT2D eigenvalue weighted by Crippen LogP contribution is -2.35. The highest BCUT2D eigenvalue weighted by Gasteiger charge is 2.09. The summed E-state index contributed by atoms with van der Waals surface area (Å²) in [6.45, 7) is 4.51. The molecule has 0 unspecified atom stereocenters. The minimum atomic E-state index is -0.0477. The van der Waals surface area contributed by atoms with Crippen LogP contribution in [-0.4, -0.2) is 36.0 Å². The van der Waals surface area contributed by atoms with Gasteiger partial charge in [0.1, 0.15) is 17.5 Å². The molecular weight excluding hydrogens is 220 g/mol. The monoisotopic (exact) mass is 238 g/mol. The van der Waals surface area contributed by atoms with Crippen LogP contribution in [0.5, 0.6) is 0 Å². The number of amides is 1. The Morgan fingerprint density at radius 1 is 1.53 bits per heavy atom. The molecule has 0 aliphatic rings. The first-order valence-corrected chi connectivity index (χ1v) is 5.37. The molecule has 4 N–H and O–H groups in total. The first-order valence-electron chi connectivity index (χ1n) is 5.37. The lowest BCUT2D eigenvalue weighted by atomic mass is 10.4. The molecule has 1 aromatic rings. The number of nitrogens with two attached hydrogens (primary N) is 1. The van der Waals surface area contributed by atoms with E-state index >= 15 is 0 Å². The summed E-state index contributed by atoms with van der Waals surface area (Å²) in [6, 6.07) is 1.69. The van der Waals surface area contributed by atoms with E-state index in [0.717, 1.165) is 0 Å². The number of nitrogens with one attached hydrogen (secondary N) is 2. The number of hydrogen-bond acceptors (Lipinski definition) is 6. The second-order valence-corrected chi connectivity index (χ2v) is 3.61. The van der Waals surface area contributed by atoms with E-state index in [0.29, 0.717) is 24.0 Å². The topological polar surface area (TPSA) is 96.2 Å². The summed E-state index contributed by atoms with van der Waals surface area (Å²) in [5, 5.41) is 2.73. The Hall–Kier alpha value is -1.89. The van der Waals surface area contributed by atoms with E-state index in [1.54, 1.807) is 24.9 Å². The number of carbonyl (C=O) groups is 1. The number of nitrogens with zero attached hydrogens (tertiary/aromatic N) is 3. The zero-order chi connectivity index (χ0) is 12.8. The van der Waals surface area contributed by atoms with Crippen LogP contribution in [-0.2, 0) is 4.79 Å². The highest BCUT2D eigenvalue weighted by Crippen LogP contribution is 2.13. The summed E-state index contributed by atoms with van der Waals surface area (Å²) < 4.78 is 0. The SMILES string of the molecule is CCNC(=O)CN(C)c1cc(NN)nc(C)n1. The smallest absolute Gasteiger partial charge is 0.239 e. The number of rotatable bonds is 5. The molecule has 94 valence electrons. The molecule has 0 radical (unpaired) electrons. The summed E-state index contributed by atoms with van der Waals surface area (Å²) in [6.07, 6.45) is 0. The highest BCUT2D eigenvalue weighted by atomic mass is 16.2. The maximum Gasteiger partial charge on any atom is 0.239 e. The van der Waals surface area contributed by atoms with Gasteiger partial charge in [0.15, 0.2) is 0 Å². The van der Waals surface area contributed by atoms with Gasteiger partial charge in [-0.2, -0.15) is 0 Å². The van der Waals surface area contributed by atoms with Gasteiger partial charge in [0.2, 0.25) is 5.91 Å². The van der Waals surface area contributed by atoms with Crippen LogP contribution >= 0.6 is 0 Å². The molecule has 7 nitrogen and oxygen atoms in total. The van der Waals surface area contributed by atoms with E-state index in [1.807, 2.05) is 6.92 Å². The first kappa shape index (κ1) is 13.2. The van der Waals surface area contributed by atoms with Crippen molar-refractivity contribution in [1.82, 2.24) is 15.3 Å². The van der Waals surface area contributed by atoms with Crippen LogP contribution in [0.15, 0.2) is 6.07 Å². The maximum atomic E-state index is 11.4. The minimum Gasteiger partial charge on any atom is -0.355 e. The largest absolute Gasteiger partial charge is 0.355 e. The number of anilines is 2. The standard InChI is InChI=1S/C10H18N6O/c1-4-12-10(17)6-16(3)9-5-8(15-11)13-7(2)14-9/h5H,4,6,11H2,1-3H3,(H,12,17)(H,13,14,15). The van der Waals surface area contributed by atoms with E-state index in [2.05, 4.69) is 20.7 Å². The summed E-state index contributed by atoms with van der Waals surface area (Å²) in [5.41, 5.74) is 2.46. The maximum absolute atomic E-state index is 11.4. The van der Waals surface area contributed by atoms with Crippen LogP contribution in [0.1, 0.15) is 12.7 Å². The molecule has 0 bridgehead atoms. The third kappa shape index (κ3) is 3.87. The fraction of sp³-hybridized carbons (Fsp3) is 0.500. The first-order chi connectivity index (χ1) is 8.06. The average Bonchev–Trinajstić information content (AvgIpc) is 2.28. The fourth-order valence-corrected chi connectivity index (χ4v) is 1.37. The number of nitrogen functional groups attached to an aromatic ring is 1. The lowest BCUT2D eigenvalue weighted by molar-refractivity contribution is -0.119. The summed E-state index contributed by atoms with van der Waals surface area (Å²) in [7, 11) is 1.79. The summed E-state index contributed by atoms with van der Waals surface area (Å²) in [5.74, 6) is 7.02. The van der Waals surface area contributed by atoms with Crippen molar-refractivity contribution >= 4 is 17.5 Å². The van der Waals surface area contributed by atoms with Crippen molar-refractivity contribution in [3.63, 3.8) is 0 Å². The van der Waals surface area contributed by atoms with Crippen molar-refractivity contribution in [3.05, 3.63) is 11.9 Å². The van der Waals surface area contributed by atoms with Gasteiger partial charge >= 0.3 is 0 Å². The Morgan fingerprint density at radius 3 is 2.82 bits per heavy atom. The molecule has 1 rings (SSSR count). The van der Waals surface area contributed by atoms with Crippen molar-refractivity contribution in [2.45, 2.75) is 13.8 Å². The number of hydrogen-bond donors (Lipinski definition) is 3. The Bertz CT molecular complexity index is 394. The predicted molar refractivity (Wildman–Crippen MR) is 66.5 cm³/mol. The van der Waals surface area contributed by atoms with Gasteiger partial charge in [-0.3, -0.25) is 4.79 Å². The van der Waals surface area contributed by atoms with Crippen LogP contribution in [0.2, 0.25) is 0 Å². The zero-order valence-electron chi connectivity index (χ0n) is 10.3. The van der Waals surface area contributed by atoms with Crippen LogP contribution in [0.3, 0.4) is 0 Å². The average molecular weight is 238 g/mol. The predicted octanol–water partition coefficient (Wildman–Crippen LogP) is -0.357. The van der Waals surface area contributed by atoms with Gasteiger partial charge in [0.05, 0.1) is 6.54 Å². The number of likely N-dealkylation sites (N-methyl/N-ethyl adjacent to an activating group) is 2. The van der Waals surface area contributed by atoms with Crippen molar-refractivity contribution in [2.24, 2.45) is 5.84 Å². The molecule has 0 aromatic carbocycles. The molecule has 0 saturated heterocycles. The van der Waals surface area contributed by atoms with Crippen LogP contribution in [0.25, 0.3) is 0 Å². The van der Waals surface area contributed by atoms with Gasteiger partial charge in [0, 0.05) is 19.7 Å². The number of aryl methyl sites for hydroxylation is 1. The van der Waals surface area contributed by atoms with Crippen molar-refractivity contribution < 1.29 is 4.79 Å². The molecular formula is C10H18N6O. The molecule has 1 heterocycles. The van der Waals surface area contributed by atoms with Gasteiger partial charge in [0.25, 0.3) is 0 Å². The van der Waals surface area contributed by atoms with Crippen LogP contribution < -0.4 is 21.5 Å². The van der Waals surface area contributed by atoms with E-state index in [-0.39, 0.29) is 12.5 Å². The van der Waals surface area contributed by atoms with Gasteiger partial charge in [-0.15, -0.1) is 0 Å². The van der Waals surface area contributed by atoms with Gasteiger partial charge in [-0.05, 0) is 13.8 Å². The van der Waals surface area contributed by atoms with E-state index in [1.165, 1.54) is 0 Å². The summed E-state index contributed by atoms with van der Waals surface area (Å²) >= 11 is 0. The molecule has 0 saturated carbocycles. The quantitative estimate of drug-likeness (QED) is 0.479.